The number of aryl methyl sites for hydroxylation is 1. The largest absolute Gasteiger partial charge is 0.459 e. The molecule has 0 unspecified atom stereocenters. The number of unbranched alkanes of at least 4 members (excludes halogenated alkanes) is 1. The van der Waals surface area contributed by atoms with Gasteiger partial charge in [0.15, 0.2) is 10.1 Å². The van der Waals surface area contributed by atoms with Crippen molar-refractivity contribution in [2.75, 3.05) is 5.32 Å². The number of amides is 1. The molecule has 0 saturated carbocycles. The molecule has 1 amide bonds. The minimum Gasteiger partial charge on any atom is -0.459 e. The number of hydrogen-bond donors (Lipinski definition) is 1. The van der Waals surface area contributed by atoms with Crippen LogP contribution in [0.3, 0.4) is 0 Å². The second-order valence-corrected chi connectivity index (χ2v) is 9.21. The monoisotopic (exact) mass is 448 g/mol. The van der Waals surface area contributed by atoms with Gasteiger partial charge >= 0.3 is 0 Å². The second-order valence-electron chi connectivity index (χ2n) is 5.97. The first-order valence-corrected chi connectivity index (χ1v) is 11.4. The first kappa shape index (κ1) is 19.7. The standard InChI is InChI=1S/C17H16N6O3S3/c1-2-3-6-12-22-23-13(24)8-10(18-16(23)28-12)9-27-17-21-20-15(29-17)19-14(25)11-5-4-7-26-11/h4-5,7-8H,2-3,6,9H2,1H3,(H,19,20,25). The zero-order valence-corrected chi connectivity index (χ0v) is 17.8. The van der Waals surface area contributed by atoms with E-state index in [0.717, 1.165) is 24.3 Å². The molecule has 9 nitrogen and oxygen atoms in total. The van der Waals surface area contributed by atoms with Crippen LogP contribution >= 0.6 is 34.4 Å². The van der Waals surface area contributed by atoms with E-state index < -0.39 is 0 Å². The Morgan fingerprint density at radius 3 is 3.03 bits per heavy atom. The highest BCUT2D eigenvalue weighted by Crippen LogP contribution is 2.28. The van der Waals surface area contributed by atoms with Gasteiger partial charge in [-0.1, -0.05) is 47.8 Å². The molecule has 0 spiro atoms. The summed E-state index contributed by atoms with van der Waals surface area (Å²) in [5.74, 6) is 0.288. The lowest BCUT2D eigenvalue weighted by Gasteiger charge is -1.98. The van der Waals surface area contributed by atoms with Crippen molar-refractivity contribution in [1.29, 1.82) is 0 Å². The summed E-state index contributed by atoms with van der Waals surface area (Å²) in [6, 6.07) is 4.70. The fourth-order valence-corrected chi connectivity index (χ4v) is 5.02. The number of anilines is 1. The highest BCUT2D eigenvalue weighted by Gasteiger charge is 2.14. The van der Waals surface area contributed by atoms with Crippen LogP contribution in [0.1, 0.15) is 41.0 Å². The highest BCUT2D eigenvalue weighted by molar-refractivity contribution is 8.00. The zero-order chi connectivity index (χ0) is 20.2. The quantitative estimate of drug-likeness (QED) is 0.322. The van der Waals surface area contributed by atoms with Gasteiger partial charge < -0.3 is 4.42 Å². The fourth-order valence-electron chi connectivity index (χ4n) is 2.42. The summed E-state index contributed by atoms with van der Waals surface area (Å²) in [5.41, 5.74) is 0.468. The van der Waals surface area contributed by atoms with Crippen LogP contribution in [0, 0.1) is 0 Å². The summed E-state index contributed by atoms with van der Waals surface area (Å²) in [4.78, 5) is 29.4. The maximum absolute atomic E-state index is 12.3. The lowest BCUT2D eigenvalue weighted by Crippen LogP contribution is -2.15. The third-order valence-electron chi connectivity index (χ3n) is 3.80. The molecule has 0 aliphatic carbocycles. The SMILES string of the molecule is CCCCc1nn2c(=O)cc(CSc3nnc(NC(=O)c4ccco4)s3)nc2s1. The number of carbonyl (C=O) groups is 1. The maximum atomic E-state index is 12.3. The van der Waals surface area contributed by atoms with Gasteiger partial charge in [-0.05, 0) is 18.6 Å². The van der Waals surface area contributed by atoms with Crippen molar-refractivity contribution < 1.29 is 9.21 Å². The van der Waals surface area contributed by atoms with Crippen LogP contribution in [0.15, 0.2) is 38.0 Å². The number of fused-ring (bicyclic) bond motifs is 1. The van der Waals surface area contributed by atoms with Crippen LogP contribution in [-0.2, 0) is 12.2 Å². The lowest BCUT2D eigenvalue weighted by molar-refractivity contribution is 0.0996. The molecule has 0 saturated heterocycles. The van der Waals surface area contributed by atoms with Gasteiger partial charge in [0.25, 0.3) is 11.5 Å². The average molecular weight is 449 g/mol. The zero-order valence-electron chi connectivity index (χ0n) is 15.3. The third-order valence-corrected chi connectivity index (χ3v) is 6.77. The van der Waals surface area contributed by atoms with E-state index in [1.165, 1.54) is 51.3 Å². The van der Waals surface area contributed by atoms with Crippen molar-refractivity contribution >= 4 is 50.4 Å². The van der Waals surface area contributed by atoms with Gasteiger partial charge in [0, 0.05) is 18.2 Å². The number of carbonyl (C=O) groups excluding carboxylic acids is 1. The smallest absolute Gasteiger partial charge is 0.293 e. The summed E-state index contributed by atoms with van der Waals surface area (Å²) in [6.07, 6.45) is 4.39. The summed E-state index contributed by atoms with van der Waals surface area (Å²) in [7, 11) is 0. The number of aromatic nitrogens is 5. The summed E-state index contributed by atoms with van der Waals surface area (Å²) >= 11 is 4.09. The lowest BCUT2D eigenvalue weighted by atomic mass is 10.3. The number of thioether (sulfide) groups is 1. The van der Waals surface area contributed by atoms with Crippen LogP contribution in [-0.4, -0.2) is 30.7 Å². The molecule has 0 aromatic carbocycles. The summed E-state index contributed by atoms with van der Waals surface area (Å²) in [6.45, 7) is 2.12. The van der Waals surface area contributed by atoms with Crippen molar-refractivity contribution in [2.24, 2.45) is 0 Å². The highest BCUT2D eigenvalue weighted by atomic mass is 32.2. The van der Waals surface area contributed by atoms with E-state index in [2.05, 4.69) is 32.5 Å². The van der Waals surface area contributed by atoms with E-state index in [1.54, 1.807) is 12.1 Å². The van der Waals surface area contributed by atoms with Crippen LogP contribution in [0.2, 0.25) is 0 Å². The summed E-state index contributed by atoms with van der Waals surface area (Å²) < 4.78 is 7.06. The van der Waals surface area contributed by atoms with Crippen LogP contribution < -0.4 is 10.9 Å². The molecular weight excluding hydrogens is 432 g/mol. The molecular formula is C17H16N6O3S3. The Morgan fingerprint density at radius 1 is 1.34 bits per heavy atom. The van der Waals surface area contributed by atoms with Gasteiger partial charge in [-0.3, -0.25) is 14.9 Å². The van der Waals surface area contributed by atoms with Crippen LogP contribution in [0.4, 0.5) is 5.13 Å². The molecule has 1 N–H and O–H groups in total. The Labute approximate surface area is 177 Å². The average Bonchev–Trinajstić information content (AvgIpc) is 3.45. The minimum absolute atomic E-state index is 0.187. The molecule has 0 aliphatic rings. The molecule has 4 aromatic rings. The van der Waals surface area contributed by atoms with Crippen molar-refractivity contribution in [2.45, 2.75) is 36.3 Å². The van der Waals surface area contributed by atoms with Crippen LogP contribution in [0.25, 0.3) is 4.96 Å². The molecule has 0 atom stereocenters. The Morgan fingerprint density at radius 2 is 2.24 bits per heavy atom. The molecule has 4 aromatic heterocycles. The fraction of sp³-hybridized carbons (Fsp3) is 0.294. The van der Waals surface area contributed by atoms with E-state index in [0.29, 0.717) is 25.9 Å². The molecule has 0 bridgehead atoms. The first-order valence-electron chi connectivity index (χ1n) is 8.82. The van der Waals surface area contributed by atoms with Crippen LogP contribution in [0.5, 0.6) is 0 Å². The molecule has 12 heteroatoms. The van der Waals surface area contributed by atoms with Crippen molar-refractivity contribution in [3.63, 3.8) is 0 Å². The van der Waals surface area contributed by atoms with Gasteiger partial charge in [0.2, 0.25) is 10.1 Å². The molecule has 0 fully saturated rings. The Bertz CT molecular complexity index is 1180. The van der Waals surface area contributed by atoms with Gasteiger partial charge in [0.1, 0.15) is 5.01 Å². The van der Waals surface area contributed by atoms with Crippen molar-refractivity contribution in [3.8, 4) is 0 Å². The Balaban J connectivity index is 1.41. The normalized spacial score (nSPS) is 11.2. The number of furan rings is 1. The molecule has 0 aliphatic heterocycles. The molecule has 29 heavy (non-hydrogen) atoms. The van der Waals surface area contributed by atoms with Gasteiger partial charge in [0.05, 0.1) is 12.0 Å². The number of nitrogens with one attached hydrogen (secondary N) is 1. The van der Waals surface area contributed by atoms with E-state index in [4.69, 9.17) is 4.42 Å². The van der Waals surface area contributed by atoms with Crippen molar-refractivity contribution in [1.82, 2.24) is 24.8 Å². The predicted octanol–water partition coefficient (Wildman–Crippen LogP) is 3.48. The minimum atomic E-state index is -0.382. The van der Waals surface area contributed by atoms with Gasteiger partial charge in [-0.25, -0.2) is 4.98 Å². The molecule has 150 valence electrons. The van der Waals surface area contributed by atoms with E-state index >= 15 is 0 Å². The maximum Gasteiger partial charge on any atom is 0.293 e. The van der Waals surface area contributed by atoms with Crippen molar-refractivity contribution in [3.05, 3.63) is 51.3 Å². The van der Waals surface area contributed by atoms with E-state index in [9.17, 15) is 9.59 Å². The predicted molar refractivity (Wildman–Crippen MR) is 112 cm³/mol. The first-order chi connectivity index (χ1) is 14.1. The van der Waals surface area contributed by atoms with E-state index in [-0.39, 0.29) is 17.2 Å². The molecule has 4 heterocycles. The van der Waals surface area contributed by atoms with E-state index in [1.807, 2.05) is 0 Å². The Kier molecular flexibility index (Phi) is 6.02. The molecule has 4 rings (SSSR count). The summed E-state index contributed by atoms with van der Waals surface area (Å²) in [5, 5.41) is 16.3. The number of hydrogen-bond acceptors (Lipinski definition) is 10. The second kappa shape index (κ2) is 8.84. The number of rotatable bonds is 8. The Hall–Kier alpha value is -2.57. The van der Waals surface area contributed by atoms with Gasteiger partial charge in [-0.2, -0.15) is 9.61 Å². The third kappa shape index (κ3) is 4.71. The van der Waals surface area contributed by atoms with Gasteiger partial charge in [-0.15, -0.1) is 10.2 Å². The topological polar surface area (TPSA) is 115 Å². The number of nitrogens with zero attached hydrogens (tertiary/aromatic N) is 5. The molecule has 0 radical (unpaired) electrons.